The van der Waals surface area contributed by atoms with Crippen LogP contribution in [-0.4, -0.2) is 34.7 Å². The molecule has 1 heterocycles. The predicted octanol–water partition coefficient (Wildman–Crippen LogP) is 3.59. The van der Waals surface area contributed by atoms with Crippen molar-refractivity contribution in [1.82, 2.24) is 9.88 Å². The van der Waals surface area contributed by atoms with E-state index < -0.39 is 0 Å². The molecule has 0 saturated heterocycles. The lowest BCUT2D eigenvalue weighted by Gasteiger charge is -2.19. The highest BCUT2D eigenvalue weighted by Crippen LogP contribution is 2.21. The largest absolute Gasteiger partial charge is 0.444 e. The standard InChI is InChI=1S/C16H21ClN2O2/c1-2-3-8-19(9-10-20)11-15-12-21-16(18-15)13-4-6-14(17)7-5-13/h4-7,12,20H,2-3,8-11H2,1H3. The van der Waals surface area contributed by atoms with Gasteiger partial charge in [0.05, 0.1) is 12.3 Å². The van der Waals surface area contributed by atoms with Crippen LogP contribution in [0.1, 0.15) is 25.5 Å². The lowest BCUT2D eigenvalue weighted by atomic mass is 10.2. The number of oxazole rings is 1. The summed E-state index contributed by atoms with van der Waals surface area (Å²) in [6.45, 7) is 4.62. The third kappa shape index (κ3) is 4.84. The fourth-order valence-corrected chi connectivity index (χ4v) is 2.25. The molecule has 0 spiro atoms. The molecule has 0 aliphatic heterocycles. The average molecular weight is 309 g/mol. The number of unbranched alkanes of at least 4 members (excludes halogenated alkanes) is 1. The smallest absolute Gasteiger partial charge is 0.226 e. The quantitative estimate of drug-likeness (QED) is 0.809. The van der Waals surface area contributed by atoms with Gasteiger partial charge in [0, 0.05) is 23.7 Å². The second-order valence-electron chi connectivity index (χ2n) is 5.00. The van der Waals surface area contributed by atoms with Gasteiger partial charge in [-0.05, 0) is 37.2 Å². The minimum absolute atomic E-state index is 0.158. The van der Waals surface area contributed by atoms with Crippen LogP contribution >= 0.6 is 11.6 Å². The van der Waals surface area contributed by atoms with Crippen LogP contribution in [0.4, 0.5) is 0 Å². The van der Waals surface area contributed by atoms with Crippen molar-refractivity contribution in [2.75, 3.05) is 19.7 Å². The minimum atomic E-state index is 0.158. The van der Waals surface area contributed by atoms with Crippen molar-refractivity contribution in [1.29, 1.82) is 0 Å². The third-order valence-electron chi connectivity index (χ3n) is 3.27. The number of nitrogens with zero attached hydrogens (tertiary/aromatic N) is 2. The van der Waals surface area contributed by atoms with Crippen molar-refractivity contribution < 1.29 is 9.52 Å². The van der Waals surface area contributed by atoms with Gasteiger partial charge in [-0.1, -0.05) is 24.9 Å². The second kappa shape index (κ2) is 8.17. The van der Waals surface area contributed by atoms with Crippen LogP contribution in [0.5, 0.6) is 0 Å². The van der Waals surface area contributed by atoms with Gasteiger partial charge < -0.3 is 9.52 Å². The van der Waals surface area contributed by atoms with Crippen molar-refractivity contribution in [2.24, 2.45) is 0 Å². The highest BCUT2D eigenvalue weighted by Gasteiger charge is 2.10. The molecular formula is C16H21ClN2O2. The Hall–Kier alpha value is -1.36. The Kier molecular flexibility index (Phi) is 6.23. The zero-order chi connectivity index (χ0) is 15.1. The predicted molar refractivity (Wildman–Crippen MR) is 84.2 cm³/mol. The Labute approximate surface area is 130 Å². The van der Waals surface area contributed by atoms with Crippen molar-refractivity contribution in [3.63, 3.8) is 0 Å². The van der Waals surface area contributed by atoms with Crippen molar-refractivity contribution in [2.45, 2.75) is 26.3 Å². The molecule has 114 valence electrons. The molecule has 5 heteroatoms. The van der Waals surface area contributed by atoms with Crippen LogP contribution in [0.2, 0.25) is 5.02 Å². The van der Waals surface area contributed by atoms with E-state index >= 15 is 0 Å². The molecule has 0 radical (unpaired) electrons. The van der Waals surface area contributed by atoms with Gasteiger partial charge in [0.1, 0.15) is 6.26 Å². The molecule has 21 heavy (non-hydrogen) atoms. The van der Waals surface area contributed by atoms with Crippen molar-refractivity contribution in [3.05, 3.63) is 41.2 Å². The summed E-state index contributed by atoms with van der Waals surface area (Å²) in [5, 5.41) is 9.82. The summed E-state index contributed by atoms with van der Waals surface area (Å²) in [6.07, 6.45) is 3.93. The molecule has 0 saturated carbocycles. The fourth-order valence-electron chi connectivity index (χ4n) is 2.13. The van der Waals surface area contributed by atoms with Gasteiger partial charge in [-0.3, -0.25) is 4.90 Å². The third-order valence-corrected chi connectivity index (χ3v) is 3.52. The molecule has 0 bridgehead atoms. The van der Waals surface area contributed by atoms with Crippen molar-refractivity contribution >= 4 is 11.6 Å². The first kappa shape index (κ1) is 16.0. The molecule has 0 atom stereocenters. The number of benzene rings is 1. The Bertz CT molecular complexity index is 539. The first-order valence-electron chi connectivity index (χ1n) is 7.26. The van der Waals surface area contributed by atoms with E-state index in [0.29, 0.717) is 24.0 Å². The maximum Gasteiger partial charge on any atom is 0.226 e. The van der Waals surface area contributed by atoms with E-state index in [-0.39, 0.29) is 6.61 Å². The summed E-state index contributed by atoms with van der Waals surface area (Å²) in [4.78, 5) is 6.69. The van der Waals surface area contributed by atoms with E-state index in [0.717, 1.165) is 30.6 Å². The fraction of sp³-hybridized carbons (Fsp3) is 0.438. The van der Waals surface area contributed by atoms with E-state index in [1.165, 1.54) is 0 Å². The lowest BCUT2D eigenvalue weighted by Crippen LogP contribution is -2.27. The first-order valence-corrected chi connectivity index (χ1v) is 7.64. The molecule has 1 aromatic carbocycles. The van der Waals surface area contributed by atoms with E-state index in [9.17, 15) is 0 Å². The first-order chi connectivity index (χ1) is 10.2. The monoisotopic (exact) mass is 308 g/mol. The van der Waals surface area contributed by atoms with Gasteiger partial charge in [0.15, 0.2) is 0 Å². The summed E-state index contributed by atoms with van der Waals surface area (Å²) in [5.41, 5.74) is 1.79. The molecule has 1 N–H and O–H groups in total. The Morgan fingerprint density at radius 1 is 1.24 bits per heavy atom. The topological polar surface area (TPSA) is 49.5 Å². The highest BCUT2D eigenvalue weighted by atomic mass is 35.5. The minimum Gasteiger partial charge on any atom is -0.444 e. The van der Waals surface area contributed by atoms with Crippen LogP contribution < -0.4 is 0 Å². The van der Waals surface area contributed by atoms with Crippen LogP contribution in [0.3, 0.4) is 0 Å². The maximum atomic E-state index is 9.13. The Balaban J connectivity index is 2.02. The number of hydrogen-bond donors (Lipinski definition) is 1. The van der Waals surface area contributed by atoms with Gasteiger partial charge in [-0.2, -0.15) is 0 Å². The van der Waals surface area contributed by atoms with Crippen LogP contribution in [0, 0.1) is 0 Å². The van der Waals surface area contributed by atoms with E-state index in [2.05, 4.69) is 16.8 Å². The summed E-state index contributed by atoms with van der Waals surface area (Å²) in [6, 6.07) is 7.42. The normalized spacial score (nSPS) is 11.2. The van der Waals surface area contributed by atoms with Gasteiger partial charge in [-0.15, -0.1) is 0 Å². The van der Waals surface area contributed by atoms with Crippen LogP contribution in [0.15, 0.2) is 34.9 Å². The van der Waals surface area contributed by atoms with Crippen LogP contribution in [-0.2, 0) is 6.54 Å². The number of halogens is 1. The number of hydrogen-bond acceptors (Lipinski definition) is 4. The molecular weight excluding hydrogens is 288 g/mol. The molecule has 2 rings (SSSR count). The Morgan fingerprint density at radius 2 is 2.00 bits per heavy atom. The number of rotatable bonds is 8. The average Bonchev–Trinajstić information content (AvgIpc) is 2.94. The van der Waals surface area contributed by atoms with Gasteiger partial charge in [0.25, 0.3) is 0 Å². The van der Waals surface area contributed by atoms with Crippen LogP contribution in [0.25, 0.3) is 11.5 Å². The molecule has 4 nitrogen and oxygen atoms in total. The molecule has 0 fully saturated rings. The van der Waals surface area contributed by atoms with Gasteiger partial charge >= 0.3 is 0 Å². The molecule has 0 aliphatic rings. The van der Waals surface area contributed by atoms with Gasteiger partial charge in [-0.25, -0.2) is 4.98 Å². The molecule has 0 unspecified atom stereocenters. The molecule has 0 amide bonds. The maximum absolute atomic E-state index is 9.13. The molecule has 1 aromatic heterocycles. The number of aliphatic hydroxyl groups is 1. The second-order valence-corrected chi connectivity index (χ2v) is 5.44. The zero-order valence-corrected chi connectivity index (χ0v) is 13.0. The lowest BCUT2D eigenvalue weighted by molar-refractivity contribution is 0.187. The number of aromatic nitrogens is 1. The SMILES string of the molecule is CCCCN(CCO)Cc1coc(-c2ccc(Cl)cc2)n1. The van der Waals surface area contributed by atoms with Crippen molar-refractivity contribution in [3.8, 4) is 11.5 Å². The highest BCUT2D eigenvalue weighted by molar-refractivity contribution is 6.30. The molecule has 0 aliphatic carbocycles. The Morgan fingerprint density at radius 3 is 2.67 bits per heavy atom. The summed E-state index contributed by atoms with van der Waals surface area (Å²) in [5.74, 6) is 0.598. The summed E-state index contributed by atoms with van der Waals surface area (Å²) in [7, 11) is 0. The summed E-state index contributed by atoms with van der Waals surface area (Å²) >= 11 is 5.88. The zero-order valence-electron chi connectivity index (χ0n) is 12.3. The van der Waals surface area contributed by atoms with Gasteiger partial charge in [0.2, 0.25) is 5.89 Å². The van der Waals surface area contributed by atoms with E-state index in [4.69, 9.17) is 21.1 Å². The number of aliphatic hydroxyl groups excluding tert-OH is 1. The molecule has 2 aromatic rings. The summed E-state index contributed by atoms with van der Waals surface area (Å²) < 4.78 is 5.53. The van der Waals surface area contributed by atoms with E-state index in [1.54, 1.807) is 6.26 Å². The van der Waals surface area contributed by atoms with E-state index in [1.807, 2.05) is 24.3 Å².